The lowest BCUT2D eigenvalue weighted by atomic mass is 10.3. The molecule has 0 aromatic carbocycles. The second-order valence-corrected chi connectivity index (χ2v) is 6.87. The highest BCUT2D eigenvalue weighted by molar-refractivity contribution is 7.12. The molecule has 1 aliphatic rings. The van der Waals surface area contributed by atoms with Gasteiger partial charge in [-0.1, -0.05) is 0 Å². The van der Waals surface area contributed by atoms with E-state index in [2.05, 4.69) is 22.2 Å². The maximum absolute atomic E-state index is 10.6. The molecule has 1 fully saturated rings. The number of hydrogen-bond acceptors (Lipinski definition) is 5. The number of carbonyl (C=O) groups is 1. The molecule has 0 bridgehead atoms. The Bertz CT molecular complexity index is 442. The van der Waals surface area contributed by atoms with Crippen molar-refractivity contribution in [1.82, 2.24) is 15.1 Å². The van der Waals surface area contributed by atoms with Crippen molar-refractivity contribution < 1.29 is 9.90 Å². The first-order valence-corrected chi connectivity index (χ1v) is 8.36. The predicted octanol–water partition coefficient (Wildman–Crippen LogP) is 1.10. The molecule has 2 rings (SSSR count). The molecule has 2 N–H and O–H groups in total. The van der Waals surface area contributed by atoms with E-state index >= 15 is 0 Å². The van der Waals surface area contributed by atoms with Crippen LogP contribution in [0, 0.1) is 0 Å². The van der Waals surface area contributed by atoms with Crippen molar-refractivity contribution in [3.8, 4) is 0 Å². The van der Waals surface area contributed by atoms with Crippen LogP contribution in [0.2, 0.25) is 0 Å². The van der Waals surface area contributed by atoms with E-state index in [1.54, 1.807) is 11.3 Å². The van der Waals surface area contributed by atoms with E-state index in [0.717, 1.165) is 30.9 Å². The summed E-state index contributed by atoms with van der Waals surface area (Å²) < 4.78 is 0. The number of piperazine rings is 1. The zero-order valence-electron chi connectivity index (χ0n) is 12.7. The number of hydrogen-bond donors (Lipinski definition) is 2. The zero-order chi connectivity index (χ0) is 15.1. The highest BCUT2D eigenvalue weighted by Gasteiger charge is 2.12. The summed E-state index contributed by atoms with van der Waals surface area (Å²) >= 11 is 1.59. The summed E-state index contributed by atoms with van der Waals surface area (Å²) in [5.41, 5.74) is 0. The SMILES string of the molecule is CN1CCN(CCCNCc2ccc(CC(=O)O)s2)CC1. The standard InChI is InChI=1S/C15H25N3O2S/c1-17-7-9-18(10-8-17)6-2-5-16-12-14-4-3-13(21-14)11-15(19)20/h3-4,16H,2,5-12H2,1H3,(H,19,20). The fourth-order valence-electron chi connectivity index (χ4n) is 2.47. The van der Waals surface area contributed by atoms with E-state index < -0.39 is 5.97 Å². The van der Waals surface area contributed by atoms with Gasteiger partial charge < -0.3 is 20.2 Å². The highest BCUT2D eigenvalue weighted by Crippen LogP contribution is 2.16. The second-order valence-electron chi connectivity index (χ2n) is 5.61. The van der Waals surface area contributed by atoms with E-state index in [0.29, 0.717) is 0 Å². The number of thiophene rings is 1. The van der Waals surface area contributed by atoms with Gasteiger partial charge in [0.2, 0.25) is 0 Å². The van der Waals surface area contributed by atoms with Gasteiger partial charge in [0.15, 0.2) is 0 Å². The van der Waals surface area contributed by atoms with Crippen LogP contribution in [0.25, 0.3) is 0 Å². The van der Waals surface area contributed by atoms with Gasteiger partial charge in [-0.25, -0.2) is 0 Å². The minimum atomic E-state index is -0.761. The lowest BCUT2D eigenvalue weighted by Gasteiger charge is -2.32. The van der Waals surface area contributed by atoms with Crippen molar-refractivity contribution in [2.75, 3.05) is 46.3 Å². The van der Waals surface area contributed by atoms with Crippen LogP contribution < -0.4 is 5.32 Å². The molecule has 21 heavy (non-hydrogen) atoms. The Hall–Kier alpha value is -0.950. The molecule has 0 unspecified atom stereocenters. The Kier molecular flexibility index (Phi) is 6.63. The van der Waals surface area contributed by atoms with Crippen LogP contribution in [0.4, 0.5) is 0 Å². The van der Waals surface area contributed by atoms with Crippen LogP contribution in [0.3, 0.4) is 0 Å². The number of carboxylic acid groups (broad SMARTS) is 1. The molecule has 0 radical (unpaired) electrons. The van der Waals surface area contributed by atoms with Crippen molar-refractivity contribution in [2.24, 2.45) is 0 Å². The quantitative estimate of drug-likeness (QED) is 0.704. The maximum atomic E-state index is 10.6. The van der Waals surface area contributed by atoms with Gasteiger partial charge in [-0.05, 0) is 38.7 Å². The Labute approximate surface area is 130 Å². The molecule has 0 saturated carbocycles. The molecule has 2 heterocycles. The number of aliphatic carboxylic acids is 1. The van der Waals surface area contributed by atoms with Gasteiger partial charge in [0.1, 0.15) is 0 Å². The maximum Gasteiger partial charge on any atom is 0.308 e. The van der Waals surface area contributed by atoms with Gasteiger partial charge >= 0.3 is 5.97 Å². The van der Waals surface area contributed by atoms with E-state index in [9.17, 15) is 4.79 Å². The van der Waals surface area contributed by atoms with Crippen LogP contribution in [0.15, 0.2) is 12.1 Å². The average molecular weight is 311 g/mol. The van der Waals surface area contributed by atoms with E-state index in [1.807, 2.05) is 12.1 Å². The number of likely N-dealkylation sites (N-methyl/N-ethyl adjacent to an activating group) is 1. The summed E-state index contributed by atoms with van der Waals surface area (Å²) in [6.07, 6.45) is 1.30. The van der Waals surface area contributed by atoms with E-state index in [4.69, 9.17) is 5.11 Å². The molecular weight excluding hydrogens is 286 g/mol. The third-order valence-corrected chi connectivity index (χ3v) is 4.85. The van der Waals surface area contributed by atoms with Crippen LogP contribution in [-0.2, 0) is 17.8 Å². The number of nitrogens with one attached hydrogen (secondary N) is 1. The molecule has 1 aromatic heterocycles. The summed E-state index contributed by atoms with van der Waals surface area (Å²) in [7, 11) is 2.18. The third kappa shape index (κ3) is 6.13. The predicted molar refractivity (Wildman–Crippen MR) is 85.9 cm³/mol. The summed E-state index contributed by atoms with van der Waals surface area (Å²) in [5.74, 6) is -0.761. The minimum Gasteiger partial charge on any atom is -0.481 e. The van der Waals surface area contributed by atoms with E-state index in [-0.39, 0.29) is 6.42 Å². The van der Waals surface area contributed by atoms with Crippen LogP contribution in [0.1, 0.15) is 16.2 Å². The minimum absolute atomic E-state index is 0.133. The van der Waals surface area contributed by atoms with Gasteiger partial charge in [-0.3, -0.25) is 4.79 Å². The summed E-state index contributed by atoms with van der Waals surface area (Å²) in [5, 5.41) is 12.2. The first kappa shape index (κ1) is 16.4. The molecule has 0 aliphatic carbocycles. The topological polar surface area (TPSA) is 55.8 Å². The van der Waals surface area contributed by atoms with Crippen molar-refractivity contribution in [2.45, 2.75) is 19.4 Å². The van der Waals surface area contributed by atoms with Gasteiger partial charge in [0.25, 0.3) is 0 Å². The first-order chi connectivity index (χ1) is 10.1. The fraction of sp³-hybridized carbons (Fsp3) is 0.667. The Morgan fingerprint density at radius 2 is 2.00 bits per heavy atom. The lowest BCUT2D eigenvalue weighted by Crippen LogP contribution is -2.45. The molecule has 5 nitrogen and oxygen atoms in total. The highest BCUT2D eigenvalue weighted by atomic mass is 32.1. The molecule has 1 saturated heterocycles. The molecular formula is C15H25N3O2S. The molecule has 0 spiro atoms. The largest absolute Gasteiger partial charge is 0.481 e. The first-order valence-electron chi connectivity index (χ1n) is 7.54. The van der Waals surface area contributed by atoms with Crippen LogP contribution >= 0.6 is 11.3 Å². The van der Waals surface area contributed by atoms with Crippen molar-refractivity contribution in [3.63, 3.8) is 0 Å². The fourth-order valence-corrected chi connectivity index (χ4v) is 3.45. The number of rotatable bonds is 8. The van der Waals surface area contributed by atoms with Crippen molar-refractivity contribution in [3.05, 3.63) is 21.9 Å². The number of nitrogens with zero attached hydrogens (tertiary/aromatic N) is 2. The lowest BCUT2D eigenvalue weighted by molar-refractivity contribution is -0.136. The normalized spacial score (nSPS) is 17.2. The molecule has 0 amide bonds. The molecule has 118 valence electrons. The second kappa shape index (κ2) is 8.48. The van der Waals surface area contributed by atoms with Crippen molar-refractivity contribution in [1.29, 1.82) is 0 Å². The van der Waals surface area contributed by atoms with E-state index in [1.165, 1.54) is 31.1 Å². The molecule has 0 atom stereocenters. The Morgan fingerprint density at radius 1 is 1.29 bits per heavy atom. The molecule has 6 heteroatoms. The van der Waals surface area contributed by atoms with Gasteiger partial charge in [-0.15, -0.1) is 11.3 Å². The molecule has 1 aromatic rings. The monoisotopic (exact) mass is 311 g/mol. The summed E-state index contributed by atoms with van der Waals surface area (Å²) in [6, 6.07) is 3.94. The smallest absolute Gasteiger partial charge is 0.308 e. The third-order valence-electron chi connectivity index (χ3n) is 3.77. The summed E-state index contributed by atoms with van der Waals surface area (Å²) in [4.78, 5) is 17.7. The number of carboxylic acids is 1. The van der Waals surface area contributed by atoms with Crippen LogP contribution in [0.5, 0.6) is 0 Å². The molecule has 1 aliphatic heterocycles. The van der Waals surface area contributed by atoms with Gasteiger partial charge in [0, 0.05) is 42.5 Å². The summed E-state index contributed by atoms with van der Waals surface area (Å²) in [6.45, 7) is 7.73. The van der Waals surface area contributed by atoms with Gasteiger partial charge in [0.05, 0.1) is 6.42 Å². The zero-order valence-corrected chi connectivity index (χ0v) is 13.5. The Morgan fingerprint density at radius 3 is 2.71 bits per heavy atom. The van der Waals surface area contributed by atoms with Gasteiger partial charge in [-0.2, -0.15) is 0 Å². The van der Waals surface area contributed by atoms with Crippen molar-refractivity contribution >= 4 is 17.3 Å². The average Bonchev–Trinajstić information content (AvgIpc) is 2.87. The van der Waals surface area contributed by atoms with Crippen LogP contribution in [-0.4, -0.2) is 67.2 Å². The Balaban J connectivity index is 1.55.